The Kier molecular flexibility index (Phi) is 6.96. The molecule has 0 amide bonds. The number of likely N-dealkylation sites (tertiary alicyclic amines) is 1. The van der Waals surface area contributed by atoms with Crippen LogP contribution in [0.2, 0.25) is 0 Å². The van der Waals surface area contributed by atoms with Crippen LogP contribution >= 0.6 is 12.4 Å². The molecule has 1 aromatic carbocycles. The molecule has 2 heterocycles. The van der Waals surface area contributed by atoms with Crippen LogP contribution in [0, 0.1) is 5.92 Å². The second-order valence-electron chi connectivity index (χ2n) is 6.87. The molecule has 0 bridgehead atoms. The largest absolute Gasteiger partial charge is 0.416 e. The summed E-state index contributed by atoms with van der Waals surface area (Å²) in [7, 11) is 0. The summed E-state index contributed by atoms with van der Waals surface area (Å²) in [5.41, 5.74) is 0.0360. The lowest BCUT2D eigenvalue weighted by Crippen LogP contribution is -2.41. The molecule has 2 nitrogen and oxygen atoms in total. The lowest BCUT2D eigenvalue weighted by atomic mass is 9.86. The van der Waals surface area contributed by atoms with Gasteiger partial charge in [-0.3, -0.25) is 0 Å². The summed E-state index contributed by atoms with van der Waals surface area (Å²) in [5.74, 6) is 0.733. The van der Waals surface area contributed by atoms with Crippen molar-refractivity contribution in [2.45, 2.75) is 37.8 Å². The van der Waals surface area contributed by atoms with Crippen molar-refractivity contribution in [3.05, 3.63) is 35.4 Å². The number of piperidine rings is 2. The average molecular weight is 363 g/mol. The Morgan fingerprint density at radius 3 is 2.42 bits per heavy atom. The van der Waals surface area contributed by atoms with E-state index in [4.69, 9.17) is 0 Å². The molecule has 0 saturated carbocycles. The minimum absolute atomic E-state index is 0. The van der Waals surface area contributed by atoms with Crippen molar-refractivity contribution in [2.75, 3.05) is 32.7 Å². The van der Waals surface area contributed by atoms with E-state index in [2.05, 4.69) is 10.2 Å². The summed E-state index contributed by atoms with van der Waals surface area (Å²) < 4.78 is 39.5. The highest BCUT2D eigenvalue weighted by atomic mass is 35.5. The van der Waals surface area contributed by atoms with Crippen LogP contribution in [0.3, 0.4) is 0 Å². The van der Waals surface area contributed by atoms with Crippen LogP contribution in [-0.2, 0) is 6.18 Å². The molecule has 2 fully saturated rings. The number of alkyl halides is 3. The monoisotopic (exact) mass is 362 g/mol. The Labute approximate surface area is 148 Å². The van der Waals surface area contributed by atoms with Gasteiger partial charge in [-0.15, -0.1) is 12.4 Å². The van der Waals surface area contributed by atoms with Gasteiger partial charge in [-0.25, -0.2) is 0 Å². The Hall–Kier alpha value is -0.780. The first-order valence-electron chi connectivity index (χ1n) is 8.63. The zero-order chi connectivity index (χ0) is 16.3. The maximum absolute atomic E-state index is 13.2. The molecule has 1 unspecified atom stereocenters. The molecule has 1 N–H and O–H groups in total. The second kappa shape index (κ2) is 8.54. The maximum atomic E-state index is 13.2. The molecule has 1 atom stereocenters. The van der Waals surface area contributed by atoms with Crippen LogP contribution in [0.1, 0.15) is 42.7 Å². The smallest absolute Gasteiger partial charge is 0.316 e. The summed E-state index contributed by atoms with van der Waals surface area (Å²) in [6.45, 7) is 5.10. The normalized spacial score (nSPS) is 23.7. The van der Waals surface area contributed by atoms with Crippen molar-refractivity contribution in [2.24, 2.45) is 5.92 Å². The van der Waals surface area contributed by atoms with Gasteiger partial charge in [0.2, 0.25) is 0 Å². The predicted molar refractivity (Wildman–Crippen MR) is 92.7 cm³/mol. The fourth-order valence-electron chi connectivity index (χ4n) is 3.98. The third-order valence-corrected chi connectivity index (χ3v) is 5.21. The zero-order valence-corrected chi connectivity index (χ0v) is 14.6. The topological polar surface area (TPSA) is 15.3 Å². The Morgan fingerprint density at radius 2 is 1.79 bits per heavy atom. The van der Waals surface area contributed by atoms with Crippen LogP contribution in [0.5, 0.6) is 0 Å². The number of hydrogen-bond acceptors (Lipinski definition) is 2. The van der Waals surface area contributed by atoms with Gasteiger partial charge in [-0.05, 0) is 75.3 Å². The van der Waals surface area contributed by atoms with Gasteiger partial charge in [-0.2, -0.15) is 13.2 Å². The molecule has 0 spiro atoms. The van der Waals surface area contributed by atoms with E-state index in [0.29, 0.717) is 11.5 Å². The molecule has 2 saturated heterocycles. The third kappa shape index (κ3) is 4.87. The summed E-state index contributed by atoms with van der Waals surface area (Å²) in [5, 5.41) is 3.43. The number of rotatable bonds is 3. The highest BCUT2D eigenvalue weighted by molar-refractivity contribution is 5.85. The van der Waals surface area contributed by atoms with Gasteiger partial charge in [0.05, 0.1) is 5.56 Å². The summed E-state index contributed by atoms with van der Waals surface area (Å²) in [6, 6.07) is 6.09. The quantitative estimate of drug-likeness (QED) is 0.862. The fourth-order valence-corrected chi connectivity index (χ4v) is 3.98. The van der Waals surface area contributed by atoms with Crippen molar-refractivity contribution in [1.82, 2.24) is 10.2 Å². The van der Waals surface area contributed by atoms with E-state index in [9.17, 15) is 13.2 Å². The van der Waals surface area contributed by atoms with Crippen LogP contribution in [0.4, 0.5) is 13.2 Å². The number of halogens is 4. The lowest BCUT2D eigenvalue weighted by Gasteiger charge is -2.36. The highest BCUT2D eigenvalue weighted by Crippen LogP contribution is 2.38. The standard InChI is InChI=1S/C18H25F3N2.ClH/c19-18(20,21)17-6-2-1-5-16(17)15-7-10-23(11-8-15)13-14-4-3-9-22-12-14;/h1-2,5-6,14-15,22H,3-4,7-13H2;1H. The van der Waals surface area contributed by atoms with Gasteiger partial charge in [0, 0.05) is 6.54 Å². The van der Waals surface area contributed by atoms with Gasteiger partial charge < -0.3 is 10.2 Å². The molecule has 3 rings (SSSR count). The fraction of sp³-hybridized carbons (Fsp3) is 0.667. The van der Waals surface area contributed by atoms with Crippen molar-refractivity contribution < 1.29 is 13.2 Å². The van der Waals surface area contributed by atoms with Crippen LogP contribution in [0.25, 0.3) is 0 Å². The first kappa shape index (κ1) is 19.5. The van der Waals surface area contributed by atoms with E-state index in [1.165, 1.54) is 25.0 Å². The van der Waals surface area contributed by atoms with Crippen LogP contribution in [-0.4, -0.2) is 37.6 Å². The summed E-state index contributed by atoms with van der Waals surface area (Å²) in [4.78, 5) is 2.43. The van der Waals surface area contributed by atoms with E-state index >= 15 is 0 Å². The Morgan fingerprint density at radius 1 is 1.08 bits per heavy atom. The first-order valence-corrected chi connectivity index (χ1v) is 8.63. The molecule has 2 aliphatic rings. The molecule has 0 radical (unpaired) electrons. The van der Waals surface area contributed by atoms with Gasteiger partial charge >= 0.3 is 6.18 Å². The Bertz CT molecular complexity index is 507. The maximum Gasteiger partial charge on any atom is 0.416 e. The molecule has 0 aliphatic carbocycles. The van der Waals surface area contributed by atoms with Crippen molar-refractivity contribution in [1.29, 1.82) is 0 Å². The number of nitrogens with one attached hydrogen (secondary N) is 1. The van der Waals surface area contributed by atoms with Gasteiger partial charge in [0.25, 0.3) is 0 Å². The number of nitrogens with zero attached hydrogens (tertiary/aromatic N) is 1. The van der Waals surface area contributed by atoms with Gasteiger partial charge in [-0.1, -0.05) is 18.2 Å². The van der Waals surface area contributed by atoms with Gasteiger partial charge in [0.15, 0.2) is 0 Å². The first-order chi connectivity index (χ1) is 11.0. The average Bonchev–Trinajstić information content (AvgIpc) is 2.56. The van der Waals surface area contributed by atoms with Crippen molar-refractivity contribution >= 4 is 12.4 Å². The van der Waals surface area contributed by atoms with Crippen molar-refractivity contribution in [3.8, 4) is 0 Å². The van der Waals surface area contributed by atoms with Crippen LogP contribution < -0.4 is 5.32 Å². The molecule has 136 valence electrons. The third-order valence-electron chi connectivity index (χ3n) is 5.21. The molecular formula is C18H26ClF3N2. The highest BCUT2D eigenvalue weighted by Gasteiger charge is 2.35. The van der Waals surface area contributed by atoms with E-state index in [1.54, 1.807) is 12.1 Å². The zero-order valence-electron chi connectivity index (χ0n) is 13.8. The predicted octanol–water partition coefficient (Wildman–Crippen LogP) is 4.31. The second-order valence-corrected chi connectivity index (χ2v) is 6.87. The van der Waals surface area contributed by atoms with E-state index in [-0.39, 0.29) is 18.3 Å². The molecule has 6 heteroatoms. The van der Waals surface area contributed by atoms with Gasteiger partial charge in [0.1, 0.15) is 0 Å². The van der Waals surface area contributed by atoms with E-state index in [0.717, 1.165) is 45.6 Å². The summed E-state index contributed by atoms with van der Waals surface area (Å²) >= 11 is 0. The Balaban J connectivity index is 0.00000208. The molecular weight excluding hydrogens is 337 g/mol. The number of hydrogen-bond donors (Lipinski definition) is 1. The van der Waals surface area contributed by atoms with Crippen LogP contribution in [0.15, 0.2) is 24.3 Å². The minimum atomic E-state index is -4.25. The molecule has 2 aliphatic heterocycles. The number of benzene rings is 1. The van der Waals surface area contributed by atoms with E-state index < -0.39 is 11.7 Å². The summed E-state index contributed by atoms with van der Waals surface area (Å²) in [6.07, 6.45) is -0.0914. The van der Waals surface area contributed by atoms with Crippen molar-refractivity contribution in [3.63, 3.8) is 0 Å². The minimum Gasteiger partial charge on any atom is -0.316 e. The molecule has 24 heavy (non-hydrogen) atoms. The molecule has 1 aromatic rings. The SMILES string of the molecule is Cl.FC(F)(F)c1ccccc1C1CCN(CC2CCCNC2)CC1. The molecule has 0 aromatic heterocycles. The van der Waals surface area contributed by atoms with E-state index in [1.807, 2.05) is 0 Å². The lowest BCUT2D eigenvalue weighted by molar-refractivity contribution is -0.138.